The lowest BCUT2D eigenvalue weighted by Gasteiger charge is -2.37. The lowest BCUT2D eigenvalue weighted by molar-refractivity contribution is -0.120. The molecule has 88 valence electrons. The molecule has 1 fully saturated rings. The molecular formula is C14H20O2. The largest absolute Gasteiger partial charge is 0.492 e. The monoisotopic (exact) mass is 220 g/mol. The van der Waals surface area contributed by atoms with Crippen molar-refractivity contribution in [2.45, 2.75) is 27.2 Å². The van der Waals surface area contributed by atoms with E-state index in [0.717, 1.165) is 32.0 Å². The van der Waals surface area contributed by atoms with E-state index in [1.165, 1.54) is 11.1 Å². The fourth-order valence-electron chi connectivity index (χ4n) is 1.98. The maximum absolute atomic E-state index is 5.99. The molecule has 0 aliphatic carbocycles. The second-order valence-corrected chi connectivity index (χ2v) is 5.01. The Balaban J connectivity index is 2.08. The van der Waals surface area contributed by atoms with Crippen molar-refractivity contribution < 1.29 is 9.47 Å². The lowest BCUT2D eigenvalue weighted by atomic mass is 9.90. The molecule has 0 radical (unpaired) electrons. The number of rotatable bonds is 4. The average molecular weight is 220 g/mol. The van der Waals surface area contributed by atoms with Crippen molar-refractivity contribution in [2.24, 2.45) is 5.41 Å². The summed E-state index contributed by atoms with van der Waals surface area (Å²) in [5.74, 6) is 1.07. The van der Waals surface area contributed by atoms with Gasteiger partial charge < -0.3 is 9.47 Å². The summed E-state index contributed by atoms with van der Waals surface area (Å²) in [6.07, 6.45) is 1.02. The fourth-order valence-corrected chi connectivity index (χ4v) is 1.98. The molecule has 2 heteroatoms. The van der Waals surface area contributed by atoms with Crippen LogP contribution in [0, 0.1) is 12.3 Å². The number of hydrogen-bond donors (Lipinski definition) is 0. The Bertz CT molecular complexity index is 367. The van der Waals surface area contributed by atoms with Crippen LogP contribution in [0.4, 0.5) is 0 Å². The maximum atomic E-state index is 5.99. The van der Waals surface area contributed by atoms with Gasteiger partial charge in [0.25, 0.3) is 0 Å². The summed E-state index contributed by atoms with van der Waals surface area (Å²) in [7, 11) is 0. The topological polar surface area (TPSA) is 18.5 Å². The first kappa shape index (κ1) is 11.5. The number of para-hydroxylation sites is 1. The highest BCUT2D eigenvalue weighted by atomic mass is 16.5. The van der Waals surface area contributed by atoms with Crippen LogP contribution in [0.15, 0.2) is 18.2 Å². The van der Waals surface area contributed by atoms with Crippen molar-refractivity contribution in [3.8, 4) is 5.75 Å². The van der Waals surface area contributed by atoms with E-state index < -0.39 is 0 Å². The van der Waals surface area contributed by atoms with E-state index in [0.29, 0.717) is 0 Å². The van der Waals surface area contributed by atoms with Gasteiger partial charge in [0.05, 0.1) is 19.8 Å². The first-order valence-electron chi connectivity index (χ1n) is 5.94. The Labute approximate surface area is 97.6 Å². The minimum Gasteiger partial charge on any atom is -0.492 e. The third-order valence-corrected chi connectivity index (χ3v) is 3.14. The molecule has 0 bridgehead atoms. The van der Waals surface area contributed by atoms with E-state index in [4.69, 9.17) is 9.47 Å². The zero-order chi connectivity index (χ0) is 11.6. The summed E-state index contributed by atoms with van der Waals surface area (Å²) in [5, 5.41) is 0. The third-order valence-electron chi connectivity index (χ3n) is 3.14. The molecule has 0 aromatic heterocycles. The van der Waals surface area contributed by atoms with Gasteiger partial charge in [-0.05, 0) is 24.5 Å². The van der Waals surface area contributed by atoms with Crippen molar-refractivity contribution in [2.75, 3.05) is 19.8 Å². The predicted molar refractivity (Wildman–Crippen MR) is 65.0 cm³/mol. The fraction of sp³-hybridized carbons (Fsp3) is 0.571. The second-order valence-electron chi connectivity index (χ2n) is 5.01. The van der Waals surface area contributed by atoms with Gasteiger partial charge in [0.1, 0.15) is 5.75 Å². The van der Waals surface area contributed by atoms with Gasteiger partial charge in [-0.2, -0.15) is 0 Å². The van der Waals surface area contributed by atoms with Gasteiger partial charge in [-0.15, -0.1) is 0 Å². The number of aryl methyl sites for hydroxylation is 2. The van der Waals surface area contributed by atoms with Gasteiger partial charge in [-0.1, -0.05) is 32.0 Å². The van der Waals surface area contributed by atoms with Crippen molar-refractivity contribution in [3.63, 3.8) is 0 Å². The molecule has 0 saturated carbocycles. The van der Waals surface area contributed by atoms with Gasteiger partial charge in [0.15, 0.2) is 0 Å². The zero-order valence-electron chi connectivity index (χ0n) is 10.4. The summed E-state index contributed by atoms with van der Waals surface area (Å²) in [6, 6.07) is 6.34. The van der Waals surface area contributed by atoms with Crippen molar-refractivity contribution in [1.82, 2.24) is 0 Å². The highest BCUT2D eigenvalue weighted by Crippen LogP contribution is 2.30. The Morgan fingerprint density at radius 3 is 2.69 bits per heavy atom. The normalized spacial score (nSPS) is 17.9. The van der Waals surface area contributed by atoms with Crippen LogP contribution in [-0.4, -0.2) is 19.8 Å². The molecule has 1 saturated heterocycles. The standard InChI is InChI=1S/C14H20O2/c1-4-12-7-5-6-11(2)13(12)16-10-14(3)8-15-9-14/h5-7H,4,8-10H2,1-3H3. The van der Waals surface area contributed by atoms with Crippen LogP contribution in [0.3, 0.4) is 0 Å². The van der Waals surface area contributed by atoms with Crippen LogP contribution in [-0.2, 0) is 11.2 Å². The van der Waals surface area contributed by atoms with Crippen LogP contribution in [0.25, 0.3) is 0 Å². The van der Waals surface area contributed by atoms with E-state index >= 15 is 0 Å². The molecule has 0 amide bonds. The quantitative estimate of drug-likeness (QED) is 0.776. The van der Waals surface area contributed by atoms with Gasteiger partial charge in [0.2, 0.25) is 0 Å². The van der Waals surface area contributed by atoms with E-state index in [1.807, 2.05) is 0 Å². The molecule has 1 aromatic rings. The van der Waals surface area contributed by atoms with E-state index in [9.17, 15) is 0 Å². The molecule has 2 nitrogen and oxygen atoms in total. The highest BCUT2D eigenvalue weighted by Gasteiger charge is 2.34. The van der Waals surface area contributed by atoms with E-state index in [1.54, 1.807) is 0 Å². The highest BCUT2D eigenvalue weighted by molar-refractivity contribution is 5.40. The van der Waals surface area contributed by atoms with E-state index in [2.05, 4.69) is 39.0 Å². The third kappa shape index (κ3) is 2.22. The smallest absolute Gasteiger partial charge is 0.125 e. The van der Waals surface area contributed by atoms with Crippen LogP contribution >= 0.6 is 0 Å². The first-order valence-corrected chi connectivity index (χ1v) is 5.94. The SMILES string of the molecule is CCc1cccc(C)c1OCC1(C)COC1. The van der Waals surface area contributed by atoms with Crippen LogP contribution in [0.5, 0.6) is 5.75 Å². The maximum Gasteiger partial charge on any atom is 0.125 e. The van der Waals surface area contributed by atoms with Crippen molar-refractivity contribution >= 4 is 0 Å². The Morgan fingerprint density at radius 2 is 2.12 bits per heavy atom. The summed E-state index contributed by atoms with van der Waals surface area (Å²) in [6.45, 7) is 8.87. The average Bonchev–Trinajstić information content (AvgIpc) is 2.24. The molecule has 0 unspecified atom stereocenters. The number of ether oxygens (including phenoxy) is 2. The Kier molecular flexibility index (Phi) is 3.20. The van der Waals surface area contributed by atoms with Gasteiger partial charge in [-0.3, -0.25) is 0 Å². The predicted octanol–water partition coefficient (Wildman–Crippen LogP) is 2.97. The Hall–Kier alpha value is -1.02. The molecule has 1 aliphatic rings. The molecular weight excluding hydrogens is 200 g/mol. The van der Waals surface area contributed by atoms with E-state index in [-0.39, 0.29) is 5.41 Å². The van der Waals surface area contributed by atoms with Crippen molar-refractivity contribution in [1.29, 1.82) is 0 Å². The Morgan fingerprint density at radius 1 is 1.38 bits per heavy atom. The summed E-state index contributed by atoms with van der Waals surface area (Å²) in [4.78, 5) is 0. The molecule has 1 aliphatic heterocycles. The number of benzene rings is 1. The summed E-state index contributed by atoms with van der Waals surface area (Å²) >= 11 is 0. The number of hydrogen-bond acceptors (Lipinski definition) is 2. The van der Waals surface area contributed by atoms with Gasteiger partial charge in [0, 0.05) is 5.41 Å². The second kappa shape index (κ2) is 4.46. The minimum atomic E-state index is 0.216. The van der Waals surface area contributed by atoms with Crippen molar-refractivity contribution in [3.05, 3.63) is 29.3 Å². The minimum absolute atomic E-state index is 0.216. The van der Waals surface area contributed by atoms with Gasteiger partial charge in [-0.25, -0.2) is 0 Å². The molecule has 1 aromatic carbocycles. The molecule has 0 spiro atoms. The summed E-state index contributed by atoms with van der Waals surface area (Å²) < 4.78 is 11.2. The van der Waals surface area contributed by atoms with Crippen LogP contribution in [0.1, 0.15) is 25.0 Å². The molecule has 2 rings (SSSR count). The van der Waals surface area contributed by atoms with Crippen LogP contribution in [0.2, 0.25) is 0 Å². The van der Waals surface area contributed by atoms with Gasteiger partial charge >= 0.3 is 0 Å². The molecule has 0 atom stereocenters. The molecule has 1 heterocycles. The molecule has 0 N–H and O–H groups in total. The zero-order valence-corrected chi connectivity index (χ0v) is 10.4. The summed E-state index contributed by atoms with van der Waals surface area (Å²) in [5.41, 5.74) is 2.74. The van der Waals surface area contributed by atoms with Crippen LogP contribution < -0.4 is 4.74 Å². The molecule has 16 heavy (non-hydrogen) atoms. The first-order chi connectivity index (χ1) is 7.64. The lowest BCUT2D eigenvalue weighted by Crippen LogP contribution is -2.44.